The molecule has 1 unspecified atom stereocenters. The van der Waals surface area contributed by atoms with E-state index in [1.54, 1.807) is 7.11 Å². The minimum absolute atomic E-state index is 0.0809. The molecule has 1 aromatic carbocycles. The number of methoxy groups -OCH3 is 1. The molecule has 0 fully saturated rings. The SMILES string of the molecule is COCCC(CO)NCc1ccc(Br)c(Br)c1. The third-order valence-electron chi connectivity index (χ3n) is 2.47. The number of hydrogen-bond acceptors (Lipinski definition) is 3. The lowest BCUT2D eigenvalue weighted by atomic mass is 10.2. The molecule has 1 aromatic rings. The van der Waals surface area contributed by atoms with Crippen molar-refractivity contribution in [3.8, 4) is 0 Å². The Balaban J connectivity index is 2.45. The molecule has 1 atom stereocenters. The Hall–Kier alpha value is 0.0600. The van der Waals surface area contributed by atoms with Crippen LogP contribution in [-0.4, -0.2) is 31.5 Å². The smallest absolute Gasteiger partial charge is 0.0585 e. The molecule has 0 saturated carbocycles. The third kappa shape index (κ3) is 5.48. The summed E-state index contributed by atoms with van der Waals surface area (Å²) in [5.41, 5.74) is 1.18. The summed E-state index contributed by atoms with van der Waals surface area (Å²) in [6, 6.07) is 6.19. The summed E-state index contributed by atoms with van der Waals surface area (Å²) in [7, 11) is 1.67. The van der Waals surface area contributed by atoms with Gasteiger partial charge in [0.25, 0.3) is 0 Å². The number of halogens is 2. The standard InChI is InChI=1S/C12H17Br2NO2/c1-17-5-4-10(8-16)15-7-9-2-3-11(13)12(14)6-9/h2-3,6,10,15-16H,4-5,7-8H2,1H3. The quantitative estimate of drug-likeness (QED) is 0.779. The maximum Gasteiger partial charge on any atom is 0.0585 e. The van der Waals surface area contributed by atoms with E-state index in [1.807, 2.05) is 12.1 Å². The molecule has 0 aromatic heterocycles. The fourth-order valence-electron chi connectivity index (χ4n) is 1.43. The maximum absolute atomic E-state index is 9.19. The van der Waals surface area contributed by atoms with Gasteiger partial charge < -0.3 is 15.2 Å². The summed E-state index contributed by atoms with van der Waals surface area (Å²) < 4.78 is 7.07. The number of aliphatic hydroxyl groups is 1. The molecular formula is C12H17Br2NO2. The number of rotatable bonds is 7. The molecule has 2 N–H and O–H groups in total. The van der Waals surface area contributed by atoms with E-state index in [1.165, 1.54) is 5.56 Å². The molecular weight excluding hydrogens is 350 g/mol. The summed E-state index contributed by atoms with van der Waals surface area (Å²) in [4.78, 5) is 0. The second-order valence-corrected chi connectivity index (χ2v) is 5.50. The zero-order valence-electron chi connectivity index (χ0n) is 9.75. The lowest BCUT2D eigenvalue weighted by molar-refractivity contribution is 0.159. The number of nitrogens with one attached hydrogen (secondary N) is 1. The highest BCUT2D eigenvalue weighted by Gasteiger charge is 2.06. The van der Waals surface area contributed by atoms with E-state index in [0.29, 0.717) is 6.61 Å². The van der Waals surface area contributed by atoms with Gasteiger partial charge in [-0.15, -0.1) is 0 Å². The van der Waals surface area contributed by atoms with Crippen LogP contribution >= 0.6 is 31.9 Å². The molecule has 17 heavy (non-hydrogen) atoms. The van der Waals surface area contributed by atoms with Crippen LogP contribution in [0.25, 0.3) is 0 Å². The van der Waals surface area contributed by atoms with Crippen molar-refractivity contribution < 1.29 is 9.84 Å². The molecule has 0 amide bonds. The van der Waals surface area contributed by atoms with Crippen LogP contribution in [0.3, 0.4) is 0 Å². The van der Waals surface area contributed by atoms with Gasteiger partial charge >= 0.3 is 0 Å². The Morgan fingerprint density at radius 3 is 2.71 bits per heavy atom. The molecule has 0 bridgehead atoms. The van der Waals surface area contributed by atoms with Crippen molar-refractivity contribution in [2.45, 2.75) is 19.0 Å². The third-order valence-corrected chi connectivity index (χ3v) is 4.35. The van der Waals surface area contributed by atoms with Gasteiger partial charge in [-0.1, -0.05) is 6.07 Å². The molecule has 0 aliphatic heterocycles. The lowest BCUT2D eigenvalue weighted by Crippen LogP contribution is -2.33. The van der Waals surface area contributed by atoms with Crippen molar-refractivity contribution in [3.63, 3.8) is 0 Å². The van der Waals surface area contributed by atoms with Crippen LogP contribution < -0.4 is 5.32 Å². The molecule has 0 heterocycles. The van der Waals surface area contributed by atoms with Gasteiger partial charge in [-0.3, -0.25) is 0 Å². The lowest BCUT2D eigenvalue weighted by Gasteiger charge is -2.16. The number of hydrogen-bond donors (Lipinski definition) is 2. The van der Waals surface area contributed by atoms with Crippen LogP contribution in [0.4, 0.5) is 0 Å². The molecule has 0 aliphatic rings. The first-order chi connectivity index (χ1) is 8.17. The predicted molar refractivity (Wildman–Crippen MR) is 76.0 cm³/mol. The molecule has 0 aliphatic carbocycles. The highest BCUT2D eigenvalue weighted by Crippen LogP contribution is 2.23. The van der Waals surface area contributed by atoms with E-state index in [9.17, 15) is 5.11 Å². The Labute approximate surface area is 119 Å². The topological polar surface area (TPSA) is 41.5 Å². The monoisotopic (exact) mass is 365 g/mol. The second kappa shape index (κ2) is 8.21. The molecule has 3 nitrogen and oxygen atoms in total. The highest BCUT2D eigenvalue weighted by atomic mass is 79.9. The summed E-state index contributed by atoms with van der Waals surface area (Å²) in [6.45, 7) is 1.52. The van der Waals surface area contributed by atoms with Crippen LogP contribution in [-0.2, 0) is 11.3 Å². The maximum atomic E-state index is 9.19. The van der Waals surface area contributed by atoms with Crippen molar-refractivity contribution in [1.82, 2.24) is 5.32 Å². The fraction of sp³-hybridized carbons (Fsp3) is 0.500. The van der Waals surface area contributed by atoms with Crippen molar-refractivity contribution in [2.75, 3.05) is 20.3 Å². The zero-order chi connectivity index (χ0) is 12.7. The van der Waals surface area contributed by atoms with Crippen LogP contribution in [0, 0.1) is 0 Å². The molecule has 0 saturated heterocycles. The minimum Gasteiger partial charge on any atom is -0.395 e. The first kappa shape index (κ1) is 15.1. The van der Waals surface area contributed by atoms with Crippen LogP contribution in [0.2, 0.25) is 0 Å². The number of benzene rings is 1. The molecule has 96 valence electrons. The Morgan fingerprint density at radius 1 is 1.35 bits per heavy atom. The first-order valence-corrected chi connectivity index (χ1v) is 7.03. The Kier molecular flexibility index (Phi) is 7.30. The first-order valence-electron chi connectivity index (χ1n) is 5.44. The molecule has 0 radical (unpaired) electrons. The normalized spacial score (nSPS) is 12.7. The van der Waals surface area contributed by atoms with Gasteiger partial charge in [0.1, 0.15) is 0 Å². The van der Waals surface area contributed by atoms with Crippen molar-refractivity contribution in [3.05, 3.63) is 32.7 Å². The summed E-state index contributed by atoms with van der Waals surface area (Å²) >= 11 is 6.90. The van der Waals surface area contributed by atoms with Gasteiger partial charge in [-0.2, -0.15) is 0 Å². The molecule has 0 spiro atoms. The van der Waals surface area contributed by atoms with E-state index in [-0.39, 0.29) is 12.6 Å². The van der Waals surface area contributed by atoms with Gasteiger partial charge in [0.2, 0.25) is 0 Å². The van der Waals surface area contributed by atoms with Gasteiger partial charge in [0.15, 0.2) is 0 Å². The summed E-state index contributed by atoms with van der Waals surface area (Å²) in [5, 5.41) is 12.5. The average Bonchev–Trinajstić information content (AvgIpc) is 2.34. The van der Waals surface area contributed by atoms with Gasteiger partial charge in [-0.05, 0) is 56.0 Å². The fourth-order valence-corrected chi connectivity index (χ4v) is 2.10. The van der Waals surface area contributed by atoms with Crippen LogP contribution in [0.15, 0.2) is 27.1 Å². The van der Waals surface area contributed by atoms with Crippen molar-refractivity contribution in [1.29, 1.82) is 0 Å². The molecule has 5 heteroatoms. The van der Waals surface area contributed by atoms with Crippen molar-refractivity contribution >= 4 is 31.9 Å². The second-order valence-electron chi connectivity index (χ2n) is 3.79. The van der Waals surface area contributed by atoms with Crippen LogP contribution in [0.1, 0.15) is 12.0 Å². The highest BCUT2D eigenvalue weighted by molar-refractivity contribution is 9.13. The van der Waals surface area contributed by atoms with E-state index < -0.39 is 0 Å². The van der Waals surface area contributed by atoms with E-state index in [0.717, 1.165) is 21.9 Å². The Morgan fingerprint density at radius 2 is 2.12 bits per heavy atom. The average molecular weight is 367 g/mol. The molecule has 1 rings (SSSR count). The van der Waals surface area contributed by atoms with Gasteiger partial charge in [-0.25, -0.2) is 0 Å². The van der Waals surface area contributed by atoms with E-state index in [2.05, 4.69) is 43.2 Å². The van der Waals surface area contributed by atoms with E-state index >= 15 is 0 Å². The summed E-state index contributed by atoms with van der Waals surface area (Å²) in [5.74, 6) is 0. The largest absolute Gasteiger partial charge is 0.395 e. The minimum atomic E-state index is 0.0809. The number of ether oxygens (including phenoxy) is 1. The van der Waals surface area contributed by atoms with Gasteiger partial charge in [0, 0.05) is 35.2 Å². The zero-order valence-corrected chi connectivity index (χ0v) is 12.9. The Bertz CT molecular complexity index is 347. The summed E-state index contributed by atoms with van der Waals surface area (Å²) in [6.07, 6.45) is 0.810. The number of aliphatic hydroxyl groups excluding tert-OH is 1. The van der Waals surface area contributed by atoms with Crippen molar-refractivity contribution in [2.24, 2.45) is 0 Å². The van der Waals surface area contributed by atoms with E-state index in [4.69, 9.17) is 4.74 Å². The van der Waals surface area contributed by atoms with Gasteiger partial charge in [0.05, 0.1) is 6.61 Å². The predicted octanol–water partition coefficient (Wildman–Crippen LogP) is 2.70. The van der Waals surface area contributed by atoms with Crippen LogP contribution in [0.5, 0.6) is 0 Å².